The lowest BCUT2D eigenvalue weighted by Crippen LogP contribution is -2.59. The molecule has 1 aliphatic carbocycles. The van der Waals surface area contributed by atoms with E-state index in [1.165, 1.54) is 12.8 Å². The number of nitrogens with one attached hydrogen (secondary N) is 2. The second kappa shape index (κ2) is 7.68. The standard InChI is InChI=1S/C18H27N3O3/c1-12(20-16(17(22)21-23)18(2,3)19)14-6-8-15(9-7-14)24-11-10-13-4-5-13/h6-9,13,16,20,23H,1,4-5,10-11,19H2,2-3H3,(H,21,22)/t16-/m1/s1. The second-order valence-corrected chi connectivity index (χ2v) is 6.96. The van der Waals surface area contributed by atoms with E-state index in [4.69, 9.17) is 15.7 Å². The summed E-state index contributed by atoms with van der Waals surface area (Å²) in [5.74, 6) is 1.06. The SMILES string of the molecule is C=C(N[C@H](C(=O)NO)C(C)(C)N)c1ccc(OCCC2CC2)cc1. The van der Waals surface area contributed by atoms with E-state index in [2.05, 4.69) is 11.9 Å². The monoisotopic (exact) mass is 333 g/mol. The van der Waals surface area contributed by atoms with Crippen molar-refractivity contribution in [2.75, 3.05) is 6.61 Å². The molecule has 0 radical (unpaired) electrons. The molecule has 1 aliphatic rings. The van der Waals surface area contributed by atoms with Crippen molar-refractivity contribution in [2.45, 2.75) is 44.7 Å². The molecule has 0 aliphatic heterocycles. The highest BCUT2D eigenvalue weighted by molar-refractivity contribution is 5.84. The number of ether oxygens (including phenoxy) is 1. The number of hydrogen-bond acceptors (Lipinski definition) is 5. The molecule has 132 valence electrons. The first-order valence-electron chi connectivity index (χ1n) is 8.22. The van der Waals surface area contributed by atoms with Gasteiger partial charge in [0.1, 0.15) is 11.8 Å². The summed E-state index contributed by atoms with van der Waals surface area (Å²) in [6.07, 6.45) is 3.77. The van der Waals surface area contributed by atoms with Gasteiger partial charge in [-0.15, -0.1) is 0 Å². The maximum absolute atomic E-state index is 11.8. The Bertz CT molecular complexity index is 574. The van der Waals surface area contributed by atoms with Crippen LogP contribution >= 0.6 is 0 Å². The zero-order valence-electron chi connectivity index (χ0n) is 14.3. The molecular weight excluding hydrogens is 306 g/mol. The van der Waals surface area contributed by atoms with E-state index in [0.717, 1.165) is 30.3 Å². The number of carbonyl (C=O) groups is 1. The molecule has 0 heterocycles. The predicted octanol–water partition coefficient (Wildman–Crippen LogP) is 2.04. The minimum atomic E-state index is -0.873. The van der Waals surface area contributed by atoms with Crippen molar-refractivity contribution < 1.29 is 14.7 Å². The Morgan fingerprint density at radius 2 is 2.04 bits per heavy atom. The Morgan fingerprint density at radius 1 is 1.42 bits per heavy atom. The molecule has 0 spiro atoms. The Labute approximate surface area is 143 Å². The van der Waals surface area contributed by atoms with Crippen LogP contribution < -0.4 is 21.3 Å². The molecular formula is C18H27N3O3. The van der Waals surface area contributed by atoms with Gasteiger partial charge in [0.15, 0.2) is 0 Å². The van der Waals surface area contributed by atoms with E-state index in [1.54, 1.807) is 19.3 Å². The molecule has 1 aromatic carbocycles. The van der Waals surface area contributed by atoms with Gasteiger partial charge in [-0.1, -0.05) is 19.4 Å². The number of hydrogen-bond donors (Lipinski definition) is 4. The topological polar surface area (TPSA) is 96.6 Å². The molecule has 2 rings (SSSR count). The lowest BCUT2D eigenvalue weighted by molar-refractivity contribution is -0.132. The Balaban J connectivity index is 1.93. The van der Waals surface area contributed by atoms with Crippen molar-refractivity contribution in [3.05, 3.63) is 36.4 Å². The molecule has 1 aromatic rings. The highest BCUT2D eigenvalue weighted by Crippen LogP contribution is 2.32. The van der Waals surface area contributed by atoms with Crippen LogP contribution in [-0.2, 0) is 4.79 Å². The fourth-order valence-corrected chi connectivity index (χ4v) is 2.41. The highest BCUT2D eigenvalue weighted by atomic mass is 16.5. The van der Waals surface area contributed by atoms with Crippen LogP contribution in [0.15, 0.2) is 30.8 Å². The van der Waals surface area contributed by atoms with Crippen molar-refractivity contribution in [2.24, 2.45) is 11.7 Å². The normalized spacial score (nSPS) is 15.5. The fraction of sp³-hybridized carbons (Fsp3) is 0.500. The van der Waals surface area contributed by atoms with Crippen LogP contribution in [0.1, 0.15) is 38.7 Å². The van der Waals surface area contributed by atoms with Gasteiger partial charge >= 0.3 is 0 Å². The van der Waals surface area contributed by atoms with Crippen LogP contribution in [0.3, 0.4) is 0 Å². The highest BCUT2D eigenvalue weighted by Gasteiger charge is 2.32. The lowest BCUT2D eigenvalue weighted by Gasteiger charge is -2.30. The summed E-state index contributed by atoms with van der Waals surface area (Å²) in [5, 5.41) is 11.9. The van der Waals surface area contributed by atoms with Gasteiger partial charge in [0.2, 0.25) is 0 Å². The van der Waals surface area contributed by atoms with Crippen LogP contribution in [-0.4, -0.2) is 29.3 Å². The van der Waals surface area contributed by atoms with Crippen molar-refractivity contribution in [1.82, 2.24) is 10.8 Å². The minimum Gasteiger partial charge on any atom is -0.494 e. The van der Waals surface area contributed by atoms with Gasteiger partial charge in [0, 0.05) is 11.2 Å². The Hall–Kier alpha value is -2.05. The van der Waals surface area contributed by atoms with E-state index in [0.29, 0.717) is 5.70 Å². The van der Waals surface area contributed by atoms with Gasteiger partial charge in [0.05, 0.1) is 6.61 Å². The van der Waals surface area contributed by atoms with Crippen LogP contribution in [0.4, 0.5) is 0 Å². The van der Waals surface area contributed by atoms with Crippen molar-refractivity contribution in [3.63, 3.8) is 0 Å². The molecule has 5 N–H and O–H groups in total. The number of hydroxylamine groups is 1. The van der Waals surface area contributed by atoms with Gasteiger partial charge in [-0.3, -0.25) is 10.0 Å². The van der Waals surface area contributed by atoms with Crippen LogP contribution in [0.25, 0.3) is 5.70 Å². The first-order valence-corrected chi connectivity index (χ1v) is 8.22. The number of benzene rings is 1. The molecule has 0 bridgehead atoms. The molecule has 1 amide bonds. The van der Waals surface area contributed by atoms with Crippen LogP contribution in [0.2, 0.25) is 0 Å². The molecule has 1 saturated carbocycles. The zero-order valence-corrected chi connectivity index (χ0v) is 14.3. The molecule has 24 heavy (non-hydrogen) atoms. The van der Waals surface area contributed by atoms with E-state index < -0.39 is 17.5 Å². The molecule has 0 unspecified atom stereocenters. The molecule has 1 atom stereocenters. The van der Waals surface area contributed by atoms with Gasteiger partial charge in [-0.2, -0.15) is 0 Å². The summed E-state index contributed by atoms with van der Waals surface area (Å²) in [7, 11) is 0. The average Bonchev–Trinajstić information content (AvgIpc) is 3.35. The third-order valence-corrected chi connectivity index (χ3v) is 4.13. The third kappa shape index (κ3) is 5.25. The van der Waals surface area contributed by atoms with E-state index in [-0.39, 0.29) is 0 Å². The number of nitrogens with two attached hydrogens (primary N) is 1. The summed E-state index contributed by atoms with van der Waals surface area (Å²) in [6.45, 7) is 8.09. The van der Waals surface area contributed by atoms with Crippen LogP contribution in [0, 0.1) is 5.92 Å². The number of amides is 1. The maximum Gasteiger partial charge on any atom is 0.267 e. The minimum absolute atomic E-state index is 0.548. The average molecular weight is 333 g/mol. The van der Waals surface area contributed by atoms with Gasteiger partial charge in [-0.05, 0) is 56.0 Å². The molecule has 0 aromatic heterocycles. The quantitative estimate of drug-likeness (QED) is 0.410. The summed E-state index contributed by atoms with van der Waals surface area (Å²) in [6, 6.07) is 6.69. The molecule has 6 nitrogen and oxygen atoms in total. The van der Waals surface area contributed by atoms with Gasteiger partial charge < -0.3 is 15.8 Å². The third-order valence-electron chi connectivity index (χ3n) is 4.13. The Morgan fingerprint density at radius 3 is 2.54 bits per heavy atom. The van der Waals surface area contributed by atoms with Crippen molar-refractivity contribution >= 4 is 11.6 Å². The fourth-order valence-electron chi connectivity index (χ4n) is 2.41. The lowest BCUT2D eigenvalue weighted by atomic mass is 9.94. The molecule has 1 fully saturated rings. The smallest absolute Gasteiger partial charge is 0.267 e. The molecule has 6 heteroatoms. The first-order chi connectivity index (χ1) is 11.3. The summed E-state index contributed by atoms with van der Waals surface area (Å²) >= 11 is 0. The largest absolute Gasteiger partial charge is 0.494 e. The van der Waals surface area contributed by atoms with Crippen LogP contribution in [0.5, 0.6) is 5.75 Å². The van der Waals surface area contributed by atoms with E-state index in [9.17, 15) is 4.79 Å². The Kier molecular flexibility index (Phi) is 5.85. The van der Waals surface area contributed by atoms with Gasteiger partial charge in [-0.25, -0.2) is 5.48 Å². The second-order valence-electron chi connectivity index (χ2n) is 6.96. The number of carbonyl (C=O) groups excluding carboxylic acids is 1. The predicted molar refractivity (Wildman–Crippen MR) is 93.4 cm³/mol. The summed E-state index contributed by atoms with van der Waals surface area (Å²) < 4.78 is 5.72. The zero-order chi connectivity index (χ0) is 17.7. The van der Waals surface area contributed by atoms with E-state index >= 15 is 0 Å². The van der Waals surface area contributed by atoms with E-state index in [1.807, 2.05) is 24.3 Å². The number of rotatable bonds is 9. The molecule has 0 saturated heterocycles. The first kappa shape index (κ1) is 18.3. The summed E-state index contributed by atoms with van der Waals surface area (Å²) in [4.78, 5) is 11.8. The van der Waals surface area contributed by atoms with Gasteiger partial charge in [0.25, 0.3) is 5.91 Å². The summed E-state index contributed by atoms with van der Waals surface area (Å²) in [5.41, 5.74) is 8.13. The van der Waals surface area contributed by atoms with Crippen molar-refractivity contribution in [1.29, 1.82) is 0 Å². The van der Waals surface area contributed by atoms with Crippen molar-refractivity contribution in [3.8, 4) is 5.75 Å². The maximum atomic E-state index is 11.8.